The second kappa shape index (κ2) is 8.28. The number of aromatic nitrogens is 1. The first-order valence-electron chi connectivity index (χ1n) is 9.66. The quantitative estimate of drug-likeness (QED) is 0.340. The molecule has 1 N–H and O–H groups in total. The van der Waals surface area contributed by atoms with Crippen molar-refractivity contribution >= 4 is 33.3 Å². The van der Waals surface area contributed by atoms with Crippen LogP contribution < -0.4 is 5.32 Å². The summed E-state index contributed by atoms with van der Waals surface area (Å²) in [4.78, 5) is 6.52. The molecule has 5 nitrogen and oxygen atoms in total. The number of halogens is 2. The lowest BCUT2D eigenvalue weighted by molar-refractivity contribution is 0.253. The molecular weight excluding hydrogens is 481 g/mol. The van der Waals surface area contributed by atoms with Crippen LogP contribution in [-0.2, 0) is 6.54 Å². The van der Waals surface area contributed by atoms with Crippen LogP contribution in [0.4, 0.5) is 4.39 Å². The van der Waals surface area contributed by atoms with E-state index >= 15 is 0 Å². The maximum Gasteiger partial charge on any atom is 0.170 e. The highest BCUT2D eigenvalue weighted by Crippen LogP contribution is 2.41. The smallest absolute Gasteiger partial charge is 0.170 e. The Hall–Kier alpha value is -2.97. The van der Waals surface area contributed by atoms with Gasteiger partial charge in [-0.15, -0.1) is 0 Å². The number of nitrogens with one attached hydrogen (secondary N) is 1. The van der Waals surface area contributed by atoms with E-state index in [2.05, 4.69) is 26.2 Å². The number of benzene rings is 1. The summed E-state index contributed by atoms with van der Waals surface area (Å²) < 4.78 is 26.9. The minimum absolute atomic E-state index is 0.225. The van der Waals surface area contributed by atoms with Crippen LogP contribution in [0.15, 0.2) is 86.4 Å². The molecule has 3 aromatic heterocycles. The lowest BCUT2D eigenvalue weighted by Crippen LogP contribution is -2.28. The van der Waals surface area contributed by atoms with Gasteiger partial charge in [-0.1, -0.05) is 22.0 Å². The van der Waals surface area contributed by atoms with Gasteiger partial charge >= 0.3 is 0 Å². The average Bonchev–Trinajstić information content (AvgIpc) is 3.51. The molecule has 0 radical (unpaired) electrons. The van der Waals surface area contributed by atoms with Gasteiger partial charge in [0.2, 0.25) is 0 Å². The Kier molecular flexibility index (Phi) is 5.33. The largest absolute Gasteiger partial charge is 0.467 e. The Morgan fingerprint density at radius 3 is 2.77 bits per heavy atom. The van der Waals surface area contributed by atoms with E-state index in [1.165, 1.54) is 6.07 Å². The fourth-order valence-corrected chi connectivity index (χ4v) is 4.44. The Balaban J connectivity index is 1.55. The number of hydrogen-bond acceptors (Lipinski definition) is 4. The zero-order chi connectivity index (χ0) is 21.4. The minimum Gasteiger partial charge on any atom is -0.467 e. The van der Waals surface area contributed by atoms with E-state index in [9.17, 15) is 4.39 Å². The molecule has 0 amide bonds. The van der Waals surface area contributed by atoms with Crippen molar-refractivity contribution in [2.45, 2.75) is 18.6 Å². The number of furan rings is 2. The summed E-state index contributed by atoms with van der Waals surface area (Å²) in [5, 5.41) is 3.94. The van der Waals surface area contributed by atoms with Gasteiger partial charge in [-0.2, -0.15) is 0 Å². The van der Waals surface area contributed by atoms with Gasteiger partial charge in [-0.05, 0) is 66.8 Å². The Morgan fingerprint density at radius 2 is 2.03 bits per heavy atom. The van der Waals surface area contributed by atoms with Crippen molar-refractivity contribution in [3.63, 3.8) is 0 Å². The topological polar surface area (TPSA) is 54.4 Å². The predicted octanol–water partition coefficient (Wildman–Crippen LogP) is 6.01. The predicted molar refractivity (Wildman–Crippen MR) is 122 cm³/mol. The third-order valence-corrected chi connectivity index (χ3v) is 6.06. The third-order valence-electron chi connectivity index (χ3n) is 5.22. The molecule has 0 bridgehead atoms. The molecule has 0 spiro atoms. The van der Waals surface area contributed by atoms with E-state index in [-0.39, 0.29) is 17.9 Å². The number of nitrogens with zero attached hydrogens (tertiary/aromatic N) is 2. The number of pyridine rings is 1. The first-order valence-corrected chi connectivity index (χ1v) is 10.9. The highest BCUT2D eigenvalue weighted by molar-refractivity contribution is 9.10. The average molecular weight is 498 g/mol. The summed E-state index contributed by atoms with van der Waals surface area (Å²) >= 11 is 8.93. The fraction of sp³-hybridized carbons (Fsp3) is 0.130. The van der Waals surface area contributed by atoms with Gasteiger partial charge in [0.15, 0.2) is 5.11 Å². The number of thiocarbonyl (C=S) groups is 1. The van der Waals surface area contributed by atoms with Gasteiger partial charge in [-0.25, -0.2) is 4.39 Å². The van der Waals surface area contributed by atoms with Crippen LogP contribution in [0.5, 0.6) is 0 Å². The van der Waals surface area contributed by atoms with E-state index in [4.69, 9.17) is 21.1 Å². The van der Waals surface area contributed by atoms with Crippen LogP contribution in [0.1, 0.15) is 29.3 Å². The molecule has 1 aliphatic rings. The lowest BCUT2D eigenvalue weighted by Gasteiger charge is -2.25. The third kappa shape index (κ3) is 3.88. The highest BCUT2D eigenvalue weighted by Gasteiger charge is 2.42. The van der Waals surface area contributed by atoms with Crippen molar-refractivity contribution in [3.8, 4) is 11.3 Å². The molecule has 4 aromatic rings. The summed E-state index contributed by atoms with van der Waals surface area (Å²) in [6.07, 6.45) is 3.38. The summed E-state index contributed by atoms with van der Waals surface area (Å²) in [6.45, 7) is 0.468. The Bertz CT molecular complexity index is 1210. The van der Waals surface area contributed by atoms with Crippen molar-refractivity contribution in [3.05, 3.63) is 101 Å². The molecule has 0 unspecified atom stereocenters. The summed E-state index contributed by atoms with van der Waals surface area (Å²) in [6, 6.07) is 17.5. The first-order chi connectivity index (χ1) is 15.1. The second-order valence-corrected chi connectivity index (χ2v) is 8.46. The zero-order valence-corrected chi connectivity index (χ0v) is 18.6. The molecule has 0 aliphatic carbocycles. The van der Waals surface area contributed by atoms with Crippen LogP contribution in [0, 0.1) is 5.82 Å². The first kappa shape index (κ1) is 20.0. The van der Waals surface area contributed by atoms with Crippen molar-refractivity contribution in [1.29, 1.82) is 0 Å². The standard InChI is InChI=1S/C23H17BrFN3O2S/c24-14-6-7-16(17(25)12-14)19-8-9-20(30-19)22-21(18-5-1-2-10-26-18)27-23(31)28(22)13-15-4-3-11-29-15/h1-12,21-22H,13H2,(H,27,31)/t21-,22-/m0/s1. The fourth-order valence-electron chi connectivity index (χ4n) is 3.80. The van der Waals surface area contributed by atoms with E-state index < -0.39 is 0 Å². The molecule has 1 fully saturated rings. The van der Waals surface area contributed by atoms with Gasteiger partial charge in [0, 0.05) is 10.7 Å². The van der Waals surface area contributed by atoms with Gasteiger partial charge < -0.3 is 19.1 Å². The molecule has 1 aromatic carbocycles. The van der Waals surface area contributed by atoms with E-state index in [1.807, 2.05) is 41.3 Å². The van der Waals surface area contributed by atoms with E-state index in [0.717, 1.165) is 11.5 Å². The summed E-state index contributed by atoms with van der Waals surface area (Å²) in [7, 11) is 0. The molecule has 31 heavy (non-hydrogen) atoms. The summed E-state index contributed by atoms with van der Waals surface area (Å²) in [5.41, 5.74) is 1.24. The molecule has 5 rings (SSSR count). The monoisotopic (exact) mass is 497 g/mol. The molecule has 4 heterocycles. The maximum absolute atomic E-state index is 14.5. The molecular formula is C23H17BrFN3O2S. The Labute approximate surface area is 192 Å². The summed E-state index contributed by atoms with van der Waals surface area (Å²) in [5.74, 6) is 1.54. The normalized spacial score (nSPS) is 18.4. The molecule has 8 heteroatoms. The SMILES string of the molecule is Fc1cc(Br)ccc1-c1ccc([C@H]2[C@H](c3ccccn3)NC(=S)N2Cc2ccco2)o1. The molecule has 0 saturated carbocycles. The van der Waals surface area contributed by atoms with Crippen LogP contribution in [0.3, 0.4) is 0 Å². The highest BCUT2D eigenvalue weighted by atomic mass is 79.9. The molecule has 156 valence electrons. The van der Waals surface area contributed by atoms with Gasteiger partial charge in [-0.3, -0.25) is 4.98 Å². The van der Waals surface area contributed by atoms with Gasteiger partial charge in [0.05, 0.1) is 30.1 Å². The van der Waals surface area contributed by atoms with E-state index in [1.54, 1.807) is 30.7 Å². The minimum atomic E-state index is -0.357. The number of hydrogen-bond donors (Lipinski definition) is 1. The van der Waals surface area contributed by atoms with Crippen molar-refractivity contribution in [1.82, 2.24) is 15.2 Å². The zero-order valence-electron chi connectivity index (χ0n) is 16.2. The van der Waals surface area contributed by atoms with Gasteiger partial charge in [0.25, 0.3) is 0 Å². The second-order valence-electron chi connectivity index (χ2n) is 7.16. The van der Waals surface area contributed by atoms with Crippen molar-refractivity contribution < 1.29 is 13.2 Å². The number of rotatable bonds is 5. The van der Waals surface area contributed by atoms with Gasteiger partial charge in [0.1, 0.15) is 29.1 Å². The van der Waals surface area contributed by atoms with Crippen molar-refractivity contribution in [2.24, 2.45) is 0 Å². The molecule has 1 saturated heterocycles. The van der Waals surface area contributed by atoms with Crippen LogP contribution >= 0.6 is 28.1 Å². The Morgan fingerprint density at radius 1 is 1.13 bits per heavy atom. The lowest BCUT2D eigenvalue weighted by atomic mass is 10.0. The molecule has 2 atom stereocenters. The van der Waals surface area contributed by atoms with Crippen LogP contribution in [0.2, 0.25) is 0 Å². The van der Waals surface area contributed by atoms with E-state index in [0.29, 0.717) is 33.2 Å². The molecule has 1 aliphatic heterocycles. The van der Waals surface area contributed by atoms with Crippen LogP contribution in [-0.4, -0.2) is 15.0 Å². The van der Waals surface area contributed by atoms with Crippen molar-refractivity contribution in [2.75, 3.05) is 0 Å². The maximum atomic E-state index is 14.5. The van der Waals surface area contributed by atoms with Crippen LogP contribution in [0.25, 0.3) is 11.3 Å².